The Morgan fingerprint density at radius 3 is 2.29 bits per heavy atom. The number of halogens is 1. The standard InChI is InChI=1S/C22H22FN5/c1-27-15-18(14-24)20(16-2-4-19(23)5-3-16)21(17-6-8-25-9-7-17)22(27)28-12-10-26-11-13-28/h2-9,26H,10-13,15H2,1H3. The van der Waals surface area contributed by atoms with Crippen LogP contribution in [-0.4, -0.2) is 54.6 Å². The third kappa shape index (κ3) is 3.37. The maximum absolute atomic E-state index is 13.6. The van der Waals surface area contributed by atoms with Crippen molar-refractivity contribution in [2.75, 3.05) is 39.8 Å². The quantitative estimate of drug-likeness (QED) is 0.894. The molecule has 0 atom stereocenters. The van der Waals surface area contributed by atoms with Crippen molar-refractivity contribution in [1.82, 2.24) is 20.1 Å². The third-order valence-corrected chi connectivity index (χ3v) is 5.19. The van der Waals surface area contributed by atoms with Gasteiger partial charge in [0.15, 0.2) is 0 Å². The Morgan fingerprint density at radius 2 is 1.64 bits per heavy atom. The summed E-state index contributed by atoms with van der Waals surface area (Å²) in [5.74, 6) is 0.818. The van der Waals surface area contributed by atoms with Crippen molar-refractivity contribution in [3.05, 3.63) is 77.1 Å². The van der Waals surface area contributed by atoms with Crippen LogP contribution in [0, 0.1) is 17.1 Å². The molecule has 1 aromatic carbocycles. The number of aromatic nitrogens is 1. The predicted molar refractivity (Wildman–Crippen MR) is 107 cm³/mol. The monoisotopic (exact) mass is 375 g/mol. The summed E-state index contributed by atoms with van der Waals surface area (Å²) in [5, 5.41) is 13.3. The van der Waals surface area contributed by atoms with E-state index in [1.54, 1.807) is 24.5 Å². The molecule has 4 rings (SSSR count). The second kappa shape index (κ2) is 7.83. The van der Waals surface area contributed by atoms with E-state index in [0.29, 0.717) is 12.1 Å². The number of hydrogen-bond donors (Lipinski definition) is 1. The smallest absolute Gasteiger partial charge is 0.123 e. The van der Waals surface area contributed by atoms with Gasteiger partial charge >= 0.3 is 0 Å². The van der Waals surface area contributed by atoms with Crippen LogP contribution in [0.3, 0.4) is 0 Å². The lowest BCUT2D eigenvalue weighted by Crippen LogP contribution is -2.47. The molecule has 0 saturated carbocycles. The molecule has 0 bridgehead atoms. The second-order valence-electron chi connectivity index (χ2n) is 7.00. The Kier molecular flexibility index (Phi) is 5.09. The van der Waals surface area contributed by atoms with Crippen molar-refractivity contribution >= 4 is 11.1 Å². The number of nitrogens with one attached hydrogen (secondary N) is 1. The lowest BCUT2D eigenvalue weighted by atomic mass is 9.86. The fraction of sp³-hybridized carbons (Fsp3) is 0.273. The summed E-state index contributed by atoms with van der Waals surface area (Å²) < 4.78 is 13.6. The van der Waals surface area contributed by atoms with Gasteiger partial charge in [-0.15, -0.1) is 0 Å². The topological polar surface area (TPSA) is 55.2 Å². The highest BCUT2D eigenvalue weighted by Crippen LogP contribution is 2.41. The number of piperazine rings is 1. The number of hydrogen-bond acceptors (Lipinski definition) is 5. The van der Waals surface area contributed by atoms with E-state index in [1.807, 2.05) is 19.2 Å². The molecule has 3 heterocycles. The molecule has 0 amide bonds. The highest BCUT2D eigenvalue weighted by atomic mass is 19.1. The Hall–Kier alpha value is -3.17. The lowest BCUT2D eigenvalue weighted by molar-refractivity contribution is 0.222. The minimum absolute atomic E-state index is 0.285. The molecule has 6 heteroatoms. The molecule has 2 aromatic rings. The summed E-state index contributed by atoms with van der Waals surface area (Å²) in [5.41, 5.74) is 4.41. The van der Waals surface area contributed by atoms with E-state index in [-0.39, 0.29) is 5.82 Å². The Labute approximate surface area is 164 Å². The summed E-state index contributed by atoms with van der Waals surface area (Å²) in [4.78, 5) is 8.67. The highest BCUT2D eigenvalue weighted by Gasteiger charge is 2.31. The van der Waals surface area contributed by atoms with Crippen molar-refractivity contribution in [2.24, 2.45) is 0 Å². The molecular formula is C22H22FN5. The molecule has 0 aliphatic carbocycles. The fourth-order valence-electron chi connectivity index (χ4n) is 3.94. The average Bonchev–Trinajstić information content (AvgIpc) is 2.75. The van der Waals surface area contributed by atoms with Crippen LogP contribution in [0.4, 0.5) is 4.39 Å². The average molecular weight is 375 g/mol. The van der Waals surface area contributed by atoms with Gasteiger partial charge in [0.25, 0.3) is 0 Å². The number of likely N-dealkylation sites (N-methyl/N-ethyl adjacent to an activating group) is 1. The molecule has 5 nitrogen and oxygen atoms in total. The number of allylic oxidation sites excluding steroid dienone is 2. The summed E-state index contributed by atoms with van der Waals surface area (Å²) in [6, 6.07) is 12.7. The minimum atomic E-state index is -0.285. The molecule has 1 aromatic heterocycles. The van der Waals surface area contributed by atoms with Crippen molar-refractivity contribution < 1.29 is 4.39 Å². The number of nitriles is 1. The van der Waals surface area contributed by atoms with Crippen molar-refractivity contribution in [2.45, 2.75) is 0 Å². The van der Waals surface area contributed by atoms with Crippen LogP contribution in [0.5, 0.6) is 0 Å². The van der Waals surface area contributed by atoms with E-state index in [0.717, 1.165) is 54.3 Å². The SMILES string of the molecule is CN1CC(C#N)=C(c2ccc(F)cc2)C(c2ccncc2)=C1N1CCNCC1. The zero-order valence-electron chi connectivity index (χ0n) is 15.8. The van der Waals surface area contributed by atoms with E-state index < -0.39 is 0 Å². The summed E-state index contributed by atoms with van der Waals surface area (Å²) in [6.45, 7) is 4.15. The first-order valence-electron chi connectivity index (χ1n) is 9.40. The molecule has 0 radical (unpaired) electrons. The summed E-state index contributed by atoms with van der Waals surface area (Å²) in [6.07, 6.45) is 3.53. The van der Waals surface area contributed by atoms with Gasteiger partial charge in [-0.2, -0.15) is 5.26 Å². The third-order valence-electron chi connectivity index (χ3n) is 5.19. The number of nitrogens with zero attached hydrogens (tertiary/aromatic N) is 4. The predicted octanol–water partition coefficient (Wildman–Crippen LogP) is 2.72. The largest absolute Gasteiger partial charge is 0.356 e. The van der Waals surface area contributed by atoms with E-state index in [9.17, 15) is 9.65 Å². The van der Waals surface area contributed by atoms with Gasteiger partial charge in [0.2, 0.25) is 0 Å². The molecular weight excluding hydrogens is 353 g/mol. The second-order valence-corrected chi connectivity index (χ2v) is 7.00. The molecule has 1 saturated heterocycles. The molecule has 1 fully saturated rings. The van der Waals surface area contributed by atoms with Crippen LogP contribution in [0.2, 0.25) is 0 Å². The van der Waals surface area contributed by atoms with Gasteiger partial charge in [-0.3, -0.25) is 4.98 Å². The molecule has 2 aliphatic heterocycles. The molecule has 1 N–H and O–H groups in total. The van der Waals surface area contributed by atoms with E-state index in [1.165, 1.54) is 12.1 Å². The van der Waals surface area contributed by atoms with E-state index in [2.05, 4.69) is 26.2 Å². The highest BCUT2D eigenvalue weighted by molar-refractivity contribution is 6.08. The maximum atomic E-state index is 13.6. The first-order valence-corrected chi connectivity index (χ1v) is 9.40. The Morgan fingerprint density at radius 1 is 1.00 bits per heavy atom. The van der Waals surface area contributed by atoms with Gasteiger partial charge in [0.05, 0.1) is 18.2 Å². The van der Waals surface area contributed by atoms with E-state index in [4.69, 9.17) is 0 Å². The Bertz CT molecular complexity index is 951. The fourth-order valence-corrected chi connectivity index (χ4v) is 3.94. The van der Waals surface area contributed by atoms with Gasteiger partial charge in [-0.05, 0) is 35.4 Å². The van der Waals surface area contributed by atoms with Gasteiger partial charge in [0, 0.05) is 56.8 Å². The zero-order chi connectivity index (χ0) is 19.5. The van der Waals surface area contributed by atoms with Gasteiger partial charge < -0.3 is 15.1 Å². The normalized spacial score (nSPS) is 17.8. The van der Waals surface area contributed by atoms with Gasteiger partial charge in [-0.1, -0.05) is 12.1 Å². The summed E-state index contributed by atoms with van der Waals surface area (Å²) in [7, 11) is 2.03. The number of pyridine rings is 1. The first-order chi connectivity index (χ1) is 13.7. The molecule has 28 heavy (non-hydrogen) atoms. The maximum Gasteiger partial charge on any atom is 0.123 e. The van der Waals surface area contributed by atoms with E-state index >= 15 is 0 Å². The van der Waals surface area contributed by atoms with Crippen LogP contribution in [0.15, 0.2) is 60.2 Å². The first kappa shape index (κ1) is 18.2. The van der Waals surface area contributed by atoms with Crippen LogP contribution < -0.4 is 5.32 Å². The van der Waals surface area contributed by atoms with Gasteiger partial charge in [-0.25, -0.2) is 4.39 Å². The number of rotatable bonds is 3. The Balaban J connectivity index is 1.97. The zero-order valence-corrected chi connectivity index (χ0v) is 15.8. The minimum Gasteiger partial charge on any atom is -0.356 e. The number of benzene rings is 1. The van der Waals surface area contributed by atoms with Gasteiger partial charge in [0.1, 0.15) is 11.6 Å². The lowest BCUT2D eigenvalue weighted by Gasteiger charge is -2.41. The molecule has 0 unspecified atom stereocenters. The van der Waals surface area contributed by atoms with Crippen molar-refractivity contribution in [1.29, 1.82) is 5.26 Å². The molecule has 142 valence electrons. The van der Waals surface area contributed by atoms with Crippen molar-refractivity contribution in [3.8, 4) is 6.07 Å². The van der Waals surface area contributed by atoms with Crippen LogP contribution >= 0.6 is 0 Å². The molecule has 0 spiro atoms. The molecule has 2 aliphatic rings. The van der Waals surface area contributed by atoms with Crippen LogP contribution in [0.1, 0.15) is 11.1 Å². The summed E-state index contributed by atoms with van der Waals surface area (Å²) >= 11 is 0. The van der Waals surface area contributed by atoms with Crippen LogP contribution in [-0.2, 0) is 0 Å². The van der Waals surface area contributed by atoms with Crippen LogP contribution in [0.25, 0.3) is 11.1 Å². The van der Waals surface area contributed by atoms with Crippen molar-refractivity contribution in [3.63, 3.8) is 0 Å².